The molecular formula is C17H21NO4. The van der Waals surface area contributed by atoms with Gasteiger partial charge in [-0.2, -0.15) is 0 Å². The van der Waals surface area contributed by atoms with Crippen LogP contribution in [0.4, 0.5) is 0 Å². The minimum Gasteiger partial charge on any atom is -0.480 e. The summed E-state index contributed by atoms with van der Waals surface area (Å²) in [6.45, 7) is 5.65. The molecule has 2 rings (SSSR count). The van der Waals surface area contributed by atoms with E-state index in [1.165, 1.54) is 6.08 Å². The maximum absolute atomic E-state index is 12.5. The first-order valence-electron chi connectivity index (χ1n) is 7.29. The van der Waals surface area contributed by atoms with Crippen LogP contribution in [-0.4, -0.2) is 36.2 Å². The second-order valence-corrected chi connectivity index (χ2v) is 5.64. The van der Waals surface area contributed by atoms with Crippen LogP contribution in [0.2, 0.25) is 0 Å². The first-order valence-corrected chi connectivity index (χ1v) is 7.29. The lowest BCUT2D eigenvalue weighted by Crippen LogP contribution is -2.48. The van der Waals surface area contributed by atoms with Crippen LogP contribution in [-0.2, 0) is 19.7 Å². The standard InChI is InChI=1S/C17H21NO4/c1-3-9-22-11-14(15(19)20)18-16(21)17(7-8-17)13-6-4-5-12(2)10-13/h3-6,10,14H,1,7-9,11H2,2H3,(H,18,21)(H,19,20). The molecule has 0 radical (unpaired) electrons. The van der Waals surface area contributed by atoms with Gasteiger partial charge in [0.15, 0.2) is 6.04 Å². The van der Waals surface area contributed by atoms with E-state index in [9.17, 15) is 14.7 Å². The number of carboxylic acid groups (broad SMARTS) is 1. The van der Waals surface area contributed by atoms with Crippen molar-refractivity contribution in [1.29, 1.82) is 0 Å². The Morgan fingerprint density at radius 3 is 2.77 bits per heavy atom. The molecule has 1 aliphatic carbocycles. The monoisotopic (exact) mass is 303 g/mol. The highest BCUT2D eigenvalue weighted by atomic mass is 16.5. The van der Waals surface area contributed by atoms with Crippen LogP contribution >= 0.6 is 0 Å². The second-order valence-electron chi connectivity index (χ2n) is 5.64. The summed E-state index contributed by atoms with van der Waals surface area (Å²) in [7, 11) is 0. The molecule has 2 N–H and O–H groups in total. The third-order valence-corrected chi connectivity index (χ3v) is 3.88. The SMILES string of the molecule is C=CCOCC(NC(=O)C1(c2cccc(C)c2)CC1)C(=O)O. The summed E-state index contributed by atoms with van der Waals surface area (Å²) < 4.78 is 5.15. The molecule has 0 saturated heterocycles. The third-order valence-electron chi connectivity index (χ3n) is 3.88. The normalized spacial score (nSPS) is 16.6. The molecule has 1 aromatic carbocycles. The maximum Gasteiger partial charge on any atom is 0.328 e. The molecule has 118 valence electrons. The number of nitrogens with one attached hydrogen (secondary N) is 1. The van der Waals surface area contributed by atoms with Crippen molar-refractivity contribution < 1.29 is 19.4 Å². The number of ether oxygens (including phenoxy) is 1. The van der Waals surface area contributed by atoms with Gasteiger partial charge in [-0.05, 0) is 25.3 Å². The minimum absolute atomic E-state index is 0.0724. The Morgan fingerprint density at radius 1 is 1.50 bits per heavy atom. The molecule has 1 unspecified atom stereocenters. The van der Waals surface area contributed by atoms with Crippen molar-refractivity contribution in [3.63, 3.8) is 0 Å². The molecule has 0 aromatic heterocycles. The van der Waals surface area contributed by atoms with Crippen molar-refractivity contribution in [2.75, 3.05) is 13.2 Å². The van der Waals surface area contributed by atoms with Gasteiger partial charge >= 0.3 is 5.97 Å². The smallest absolute Gasteiger partial charge is 0.328 e. The van der Waals surface area contributed by atoms with Crippen molar-refractivity contribution in [2.24, 2.45) is 0 Å². The zero-order chi connectivity index (χ0) is 16.2. The molecule has 5 nitrogen and oxygen atoms in total. The lowest BCUT2D eigenvalue weighted by molar-refractivity contribution is -0.143. The Hall–Kier alpha value is -2.14. The summed E-state index contributed by atoms with van der Waals surface area (Å²) in [5, 5.41) is 11.8. The van der Waals surface area contributed by atoms with Gasteiger partial charge in [0.25, 0.3) is 0 Å². The van der Waals surface area contributed by atoms with E-state index >= 15 is 0 Å². The summed E-state index contributed by atoms with van der Waals surface area (Å²) in [5.41, 5.74) is 1.44. The van der Waals surface area contributed by atoms with E-state index in [0.29, 0.717) is 0 Å². The number of carboxylic acids is 1. The van der Waals surface area contributed by atoms with Crippen molar-refractivity contribution >= 4 is 11.9 Å². The quantitative estimate of drug-likeness (QED) is 0.567. The number of aryl methyl sites for hydroxylation is 1. The van der Waals surface area contributed by atoms with E-state index in [-0.39, 0.29) is 19.1 Å². The van der Waals surface area contributed by atoms with Crippen LogP contribution in [0.15, 0.2) is 36.9 Å². The first-order chi connectivity index (χ1) is 10.5. The number of rotatable bonds is 8. The lowest BCUT2D eigenvalue weighted by Gasteiger charge is -2.20. The number of benzene rings is 1. The molecule has 1 aromatic rings. The number of carbonyl (C=O) groups excluding carboxylic acids is 1. The molecule has 1 atom stereocenters. The van der Waals surface area contributed by atoms with Crippen molar-refractivity contribution in [3.05, 3.63) is 48.0 Å². The van der Waals surface area contributed by atoms with Gasteiger partial charge in [-0.3, -0.25) is 4.79 Å². The molecule has 0 spiro atoms. The summed E-state index contributed by atoms with van der Waals surface area (Å²) in [6, 6.07) is 6.75. The zero-order valence-electron chi connectivity index (χ0n) is 12.7. The van der Waals surface area contributed by atoms with Gasteiger partial charge in [0, 0.05) is 0 Å². The fourth-order valence-electron chi connectivity index (χ4n) is 2.45. The zero-order valence-corrected chi connectivity index (χ0v) is 12.7. The highest BCUT2D eigenvalue weighted by Gasteiger charge is 2.51. The average molecular weight is 303 g/mol. The van der Waals surface area contributed by atoms with E-state index in [0.717, 1.165) is 24.0 Å². The van der Waals surface area contributed by atoms with Crippen LogP contribution in [0.5, 0.6) is 0 Å². The summed E-state index contributed by atoms with van der Waals surface area (Å²) in [5.74, 6) is -1.34. The van der Waals surface area contributed by atoms with Crippen molar-refractivity contribution in [2.45, 2.75) is 31.2 Å². The van der Waals surface area contributed by atoms with Crippen LogP contribution in [0.1, 0.15) is 24.0 Å². The van der Waals surface area contributed by atoms with Crippen LogP contribution in [0, 0.1) is 6.92 Å². The fourth-order valence-corrected chi connectivity index (χ4v) is 2.45. The van der Waals surface area contributed by atoms with E-state index in [1.807, 2.05) is 31.2 Å². The largest absolute Gasteiger partial charge is 0.480 e. The predicted molar refractivity (Wildman–Crippen MR) is 82.7 cm³/mol. The van der Waals surface area contributed by atoms with E-state index in [1.54, 1.807) is 0 Å². The van der Waals surface area contributed by atoms with Gasteiger partial charge in [0.2, 0.25) is 5.91 Å². The fraction of sp³-hybridized carbons (Fsp3) is 0.412. The van der Waals surface area contributed by atoms with E-state index in [4.69, 9.17) is 4.74 Å². The Kier molecular flexibility index (Phi) is 4.98. The number of amides is 1. The minimum atomic E-state index is -1.10. The topological polar surface area (TPSA) is 75.6 Å². The number of aliphatic carboxylic acids is 1. The van der Waals surface area contributed by atoms with Crippen molar-refractivity contribution in [3.8, 4) is 0 Å². The average Bonchev–Trinajstić information content (AvgIpc) is 3.28. The van der Waals surface area contributed by atoms with Crippen LogP contribution < -0.4 is 5.32 Å². The molecule has 0 heterocycles. The lowest BCUT2D eigenvalue weighted by atomic mass is 9.93. The molecule has 1 aliphatic rings. The third kappa shape index (κ3) is 3.54. The Labute approximate surface area is 130 Å². The molecule has 1 saturated carbocycles. The Bertz CT molecular complexity index is 578. The second kappa shape index (κ2) is 6.75. The van der Waals surface area contributed by atoms with Gasteiger partial charge in [-0.15, -0.1) is 6.58 Å². The molecule has 0 bridgehead atoms. The highest BCUT2D eigenvalue weighted by molar-refractivity contribution is 5.94. The molecule has 1 amide bonds. The summed E-state index contributed by atoms with van der Waals surface area (Å²) in [6.07, 6.45) is 3.01. The Morgan fingerprint density at radius 2 is 2.23 bits per heavy atom. The van der Waals surface area contributed by atoms with Crippen LogP contribution in [0.25, 0.3) is 0 Å². The molecule has 1 fully saturated rings. The van der Waals surface area contributed by atoms with Gasteiger partial charge in [0.05, 0.1) is 18.6 Å². The van der Waals surface area contributed by atoms with Crippen molar-refractivity contribution in [1.82, 2.24) is 5.32 Å². The summed E-state index contributed by atoms with van der Waals surface area (Å²) in [4.78, 5) is 23.8. The predicted octanol–water partition coefficient (Wildman–Crippen LogP) is 1.80. The number of hydrogen-bond donors (Lipinski definition) is 2. The van der Waals surface area contributed by atoms with E-state index in [2.05, 4.69) is 11.9 Å². The van der Waals surface area contributed by atoms with Gasteiger partial charge < -0.3 is 15.2 Å². The Balaban J connectivity index is 2.06. The molecule has 5 heteroatoms. The first kappa shape index (κ1) is 16.2. The molecular weight excluding hydrogens is 282 g/mol. The van der Waals surface area contributed by atoms with E-state index < -0.39 is 17.4 Å². The molecule has 0 aliphatic heterocycles. The van der Waals surface area contributed by atoms with Gasteiger partial charge in [-0.1, -0.05) is 35.9 Å². The van der Waals surface area contributed by atoms with Crippen LogP contribution in [0.3, 0.4) is 0 Å². The maximum atomic E-state index is 12.5. The van der Waals surface area contributed by atoms with Gasteiger partial charge in [0.1, 0.15) is 0 Å². The number of hydrogen-bond acceptors (Lipinski definition) is 3. The van der Waals surface area contributed by atoms with Gasteiger partial charge in [-0.25, -0.2) is 4.79 Å². The number of carbonyl (C=O) groups is 2. The highest BCUT2D eigenvalue weighted by Crippen LogP contribution is 2.48. The summed E-state index contributed by atoms with van der Waals surface area (Å²) >= 11 is 0. The molecule has 22 heavy (non-hydrogen) atoms.